The normalized spacial score (nSPS) is 16.1. The molecule has 2 rings (SSSR count). The van der Waals surface area contributed by atoms with E-state index in [0.717, 1.165) is 0 Å². The van der Waals surface area contributed by atoms with Crippen molar-refractivity contribution in [2.45, 2.75) is 12.8 Å². The van der Waals surface area contributed by atoms with Crippen LogP contribution < -0.4 is 4.74 Å². The highest BCUT2D eigenvalue weighted by Gasteiger charge is 2.57. The summed E-state index contributed by atoms with van der Waals surface area (Å²) in [6.45, 7) is 0. The van der Waals surface area contributed by atoms with Gasteiger partial charge in [0.15, 0.2) is 5.78 Å². The van der Waals surface area contributed by atoms with Crippen LogP contribution in [-0.4, -0.2) is 26.0 Å². The Morgan fingerprint density at radius 3 is 2.47 bits per heavy atom. The lowest BCUT2D eigenvalue weighted by Gasteiger charge is -2.11. The standard InChI is InChI=1S/C13H14O4/c1-16-10-5-3-4-9(8-10)11(14)13(6-7-13)12(15)17-2/h3-5,8H,6-7H2,1-2H3. The first-order chi connectivity index (χ1) is 8.14. The van der Waals surface area contributed by atoms with Gasteiger partial charge in [-0.15, -0.1) is 0 Å². The van der Waals surface area contributed by atoms with Gasteiger partial charge in [-0.25, -0.2) is 0 Å². The maximum atomic E-state index is 12.2. The van der Waals surface area contributed by atoms with Crippen molar-refractivity contribution in [2.24, 2.45) is 5.41 Å². The summed E-state index contributed by atoms with van der Waals surface area (Å²) >= 11 is 0. The quantitative estimate of drug-likeness (QED) is 0.453. The first-order valence-electron chi connectivity index (χ1n) is 5.41. The predicted octanol–water partition coefficient (Wildman–Crippen LogP) is 1.83. The fraction of sp³-hybridized carbons (Fsp3) is 0.385. The van der Waals surface area contributed by atoms with E-state index in [1.165, 1.54) is 14.2 Å². The van der Waals surface area contributed by atoms with Crippen molar-refractivity contribution in [1.82, 2.24) is 0 Å². The van der Waals surface area contributed by atoms with Crippen LogP contribution in [0.3, 0.4) is 0 Å². The lowest BCUT2D eigenvalue weighted by Crippen LogP contribution is -2.27. The number of hydrogen-bond acceptors (Lipinski definition) is 4. The van der Waals surface area contributed by atoms with Gasteiger partial charge in [0.05, 0.1) is 14.2 Å². The summed E-state index contributed by atoms with van der Waals surface area (Å²) in [5.41, 5.74) is -0.451. The van der Waals surface area contributed by atoms with Crippen molar-refractivity contribution >= 4 is 11.8 Å². The smallest absolute Gasteiger partial charge is 0.319 e. The molecule has 17 heavy (non-hydrogen) atoms. The van der Waals surface area contributed by atoms with Gasteiger partial charge in [0.2, 0.25) is 0 Å². The molecular formula is C13H14O4. The lowest BCUT2D eigenvalue weighted by molar-refractivity contribution is -0.145. The minimum Gasteiger partial charge on any atom is -0.497 e. The summed E-state index contributed by atoms with van der Waals surface area (Å²) in [7, 11) is 2.85. The molecule has 0 aromatic heterocycles. The number of Topliss-reactive ketones (excluding diaryl/α,β-unsaturated/α-hetero) is 1. The summed E-state index contributed by atoms with van der Waals surface area (Å²) in [4.78, 5) is 23.8. The molecule has 1 aliphatic rings. The van der Waals surface area contributed by atoms with Crippen LogP contribution in [0, 0.1) is 5.41 Å². The molecule has 90 valence electrons. The third-order valence-corrected chi connectivity index (χ3v) is 3.09. The molecule has 4 nitrogen and oxygen atoms in total. The Balaban J connectivity index is 2.28. The predicted molar refractivity (Wildman–Crippen MR) is 61.0 cm³/mol. The topological polar surface area (TPSA) is 52.6 Å². The van der Waals surface area contributed by atoms with Crippen molar-refractivity contribution < 1.29 is 19.1 Å². The minimum absolute atomic E-state index is 0.178. The molecule has 0 atom stereocenters. The summed E-state index contributed by atoms with van der Waals surface area (Å²) in [6.07, 6.45) is 1.13. The number of rotatable bonds is 4. The maximum Gasteiger partial charge on any atom is 0.319 e. The molecule has 0 aliphatic heterocycles. The second-order valence-corrected chi connectivity index (χ2v) is 4.13. The maximum absolute atomic E-state index is 12.2. The number of esters is 1. The molecule has 1 saturated carbocycles. The molecule has 0 N–H and O–H groups in total. The molecule has 1 aromatic carbocycles. The third kappa shape index (κ3) is 1.90. The van der Waals surface area contributed by atoms with Gasteiger partial charge >= 0.3 is 5.97 Å². The molecule has 0 bridgehead atoms. The number of benzene rings is 1. The molecule has 0 saturated heterocycles. The Morgan fingerprint density at radius 2 is 1.94 bits per heavy atom. The van der Waals surface area contributed by atoms with E-state index in [1.54, 1.807) is 24.3 Å². The molecule has 1 aromatic rings. The fourth-order valence-corrected chi connectivity index (χ4v) is 1.88. The van der Waals surface area contributed by atoms with Gasteiger partial charge in [-0.2, -0.15) is 0 Å². The first kappa shape index (κ1) is 11.6. The summed E-state index contributed by atoms with van der Waals surface area (Å²) in [5, 5.41) is 0. The zero-order valence-electron chi connectivity index (χ0n) is 9.86. The Bertz CT molecular complexity index is 460. The van der Waals surface area contributed by atoms with Gasteiger partial charge in [-0.3, -0.25) is 9.59 Å². The molecule has 0 amide bonds. The molecule has 0 radical (unpaired) electrons. The SMILES string of the molecule is COC(=O)C1(C(=O)c2cccc(OC)c2)CC1. The number of ether oxygens (including phenoxy) is 2. The van der Waals surface area contributed by atoms with E-state index >= 15 is 0 Å². The highest BCUT2D eigenvalue weighted by atomic mass is 16.5. The van der Waals surface area contributed by atoms with Crippen molar-refractivity contribution in [3.8, 4) is 5.75 Å². The van der Waals surface area contributed by atoms with Crippen molar-refractivity contribution in [3.63, 3.8) is 0 Å². The van der Waals surface area contributed by atoms with Gasteiger partial charge in [0, 0.05) is 5.56 Å². The number of carbonyl (C=O) groups is 2. The summed E-state index contributed by atoms with van der Waals surface area (Å²) in [5.74, 6) is -0.00918. The van der Waals surface area contributed by atoms with Gasteiger partial charge in [0.1, 0.15) is 11.2 Å². The average molecular weight is 234 g/mol. The van der Waals surface area contributed by atoms with Crippen LogP contribution in [-0.2, 0) is 9.53 Å². The Morgan fingerprint density at radius 1 is 1.24 bits per heavy atom. The van der Waals surface area contributed by atoms with E-state index in [0.29, 0.717) is 24.2 Å². The van der Waals surface area contributed by atoms with Gasteiger partial charge < -0.3 is 9.47 Å². The zero-order valence-corrected chi connectivity index (χ0v) is 9.86. The second-order valence-electron chi connectivity index (χ2n) is 4.13. The first-order valence-corrected chi connectivity index (χ1v) is 5.41. The summed E-state index contributed by atoms with van der Waals surface area (Å²) in [6, 6.07) is 6.83. The molecular weight excluding hydrogens is 220 g/mol. The van der Waals surface area contributed by atoms with Crippen LogP contribution in [0.5, 0.6) is 5.75 Å². The molecule has 0 heterocycles. The zero-order chi connectivity index (χ0) is 12.5. The Hall–Kier alpha value is -1.84. The van der Waals surface area contributed by atoms with Crippen LogP contribution in [0.1, 0.15) is 23.2 Å². The molecule has 1 fully saturated rings. The van der Waals surface area contributed by atoms with E-state index in [9.17, 15) is 9.59 Å². The molecule has 4 heteroatoms. The molecule has 0 unspecified atom stereocenters. The van der Waals surface area contributed by atoms with E-state index in [-0.39, 0.29) is 5.78 Å². The highest BCUT2D eigenvalue weighted by Crippen LogP contribution is 2.49. The van der Waals surface area contributed by atoms with Gasteiger partial charge in [-0.1, -0.05) is 12.1 Å². The van der Waals surface area contributed by atoms with E-state index in [1.807, 2.05) is 0 Å². The van der Waals surface area contributed by atoms with Crippen LogP contribution in [0.2, 0.25) is 0 Å². The van der Waals surface area contributed by atoms with E-state index < -0.39 is 11.4 Å². The van der Waals surface area contributed by atoms with Crippen molar-refractivity contribution in [3.05, 3.63) is 29.8 Å². The van der Waals surface area contributed by atoms with E-state index in [2.05, 4.69) is 4.74 Å². The highest BCUT2D eigenvalue weighted by molar-refractivity contribution is 6.14. The largest absolute Gasteiger partial charge is 0.497 e. The number of hydrogen-bond donors (Lipinski definition) is 0. The number of ketones is 1. The van der Waals surface area contributed by atoms with E-state index in [4.69, 9.17) is 4.74 Å². The second kappa shape index (κ2) is 4.20. The van der Waals surface area contributed by atoms with Crippen LogP contribution in [0.15, 0.2) is 24.3 Å². The molecule has 1 aliphatic carbocycles. The monoisotopic (exact) mass is 234 g/mol. The van der Waals surface area contributed by atoms with Crippen LogP contribution in [0.25, 0.3) is 0 Å². The van der Waals surface area contributed by atoms with Crippen molar-refractivity contribution in [1.29, 1.82) is 0 Å². The number of carbonyl (C=O) groups excluding carboxylic acids is 2. The number of methoxy groups -OCH3 is 2. The van der Waals surface area contributed by atoms with Gasteiger partial charge in [-0.05, 0) is 25.0 Å². The van der Waals surface area contributed by atoms with Crippen molar-refractivity contribution in [2.75, 3.05) is 14.2 Å². The van der Waals surface area contributed by atoms with Gasteiger partial charge in [0.25, 0.3) is 0 Å². The fourth-order valence-electron chi connectivity index (χ4n) is 1.88. The molecule has 0 spiro atoms. The minimum atomic E-state index is -0.943. The summed E-state index contributed by atoms with van der Waals surface area (Å²) < 4.78 is 9.74. The lowest BCUT2D eigenvalue weighted by atomic mass is 9.95. The van der Waals surface area contributed by atoms with Crippen LogP contribution in [0.4, 0.5) is 0 Å². The van der Waals surface area contributed by atoms with Crippen LogP contribution >= 0.6 is 0 Å². The Kier molecular flexibility index (Phi) is 2.88. The average Bonchev–Trinajstić information content (AvgIpc) is 3.18. The Labute approximate surface area is 99.5 Å². The third-order valence-electron chi connectivity index (χ3n) is 3.09.